The maximum absolute atomic E-state index is 12.4. The molecular weight excluding hydrogens is 276 g/mol. The summed E-state index contributed by atoms with van der Waals surface area (Å²) in [5, 5.41) is 0.377. The van der Waals surface area contributed by atoms with Gasteiger partial charge in [-0.3, -0.25) is 9.59 Å². The zero-order chi connectivity index (χ0) is 14.7. The van der Waals surface area contributed by atoms with Crippen molar-refractivity contribution in [2.45, 2.75) is 6.04 Å². The highest BCUT2D eigenvalue weighted by Crippen LogP contribution is 2.20. The van der Waals surface area contributed by atoms with E-state index in [4.69, 9.17) is 23.1 Å². The number of rotatable bonds is 4. The van der Waals surface area contributed by atoms with Crippen molar-refractivity contribution >= 4 is 23.3 Å². The van der Waals surface area contributed by atoms with Gasteiger partial charge in [-0.1, -0.05) is 41.9 Å². The van der Waals surface area contributed by atoms with E-state index in [2.05, 4.69) is 0 Å². The SMILES string of the molecule is NC(=O)C(N)c1cccc(C(=O)c2ccccc2Cl)c1. The third kappa shape index (κ3) is 2.87. The second-order valence-corrected chi connectivity index (χ2v) is 4.72. The number of hydrogen-bond donors (Lipinski definition) is 2. The van der Waals surface area contributed by atoms with Crippen molar-refractivity contribution in [3.63, 3.8) is 0 Å². The summed E-state index contributed by atoms with van der Waals surface area (Å²) in [6, 6.07) is 12.3. The van der Waals surface area contributed by atoms with Crippen molar-refractivity contribution in [3.05, 3.63) is 70.2 Å². The molecule has 4 N–H and O–H groups in total. The Labute approximate surface area is 121 Å². The predicted molar refractivity (Wildman–Crippen MR) is 77.4 cm³/mol. The van der Waals surface area contributed by atoms with Crippen molar-refractivity contribution in [2.75, 3.05) is 0 Å². The molecule has 0 radical (unpaired) electrons. The second kappa shape index (κ2) is 5.86. The molecule has 1 atom stereocenters. The fraction of sp³-hybridized carbons (Fsp3) is 0.0667. The van der Waals surface area contributed by atoms with Crippen LogP contribution < -0.4 is 11.5 Å². The quantitative estimate of drug-likeness (QED) is 0.844. The Morgan fingerprint density at radius 2 is 1.75 bits per heavy atom. The Morgan fingerprint density at radius 3 is 2.40 bits per heavy atom. The number of carbonyl (C=O) groups is 2. The molecule has 0 aromatic heterocycles. The van der Waals surface area contributed by atoms with E-state index in [0.29, 0.717) is 21.7 Å². The Bertz CT molecular complexity index is 670. The molecule has 0 saturated heterocycles. The highest BCUT2D eigenvalue weighted by molar-refractivity contribution is 6.35. The molecule has 2 aromatic rings. The summed E-state index contributed by atoms with van der Waals surface area (Å²) < 4.78 is 0. The molecule has 102 valence electrons. The van der Waals surface area contributed by atoms with Gasteiger partial charge < -0.3 is 11.5 Å². The van der Waals surface area contributed by atoms with Crippen LogP contribution in [0.25, 0.3) is 0 Å². The third-order valence-corrected chi connectivity index (χ3v) is 3.26. The van der Waals surface area contributed by atoms with Gasteiger partial charge in [-0.25, -0.2) is 0 Å². The summed E-state index contributed by atoms with van der Waals surface area (Å²) in [5.74, 6) is -0.874. The number of benzene rings is 2. The van der Waals surface area contributed by atoms with Gasteiger partial charge in [-0.05, 0) is 23.8 Å². The number of amides is 1. The average Bonchev–Trinajstić information content (AvgIpc) is 2.46. The van der Waals surface area contributed by atoms with Gasteiger partial charge in [0.05, 0.1) is 5.02 Å². The number of primary amides is 1. The summed E-state index contributed by atoms with van der Waals surface area (Å²) in [5.41, 5.74) is 12.1. The summed E-state index contributed by atoms with van der Waals surface area (Å²) in [7, 11) is 0. The maximum Gasteiger partial charge on any atom is 0.238 e. The highest BCUT2D eigenvalue weighted by atomic mass is 35.5. The Balaban J connectivity index is 2.39. The minimum absolute atomic E-state index is 0.228. The second-order valence-electron chi connectivity index (χ2n) is 4.31. The minimum atomic E-state index is -0.936. The smallest absolute Gasteiger partial charge is 0.238 e. The van der Waals surface area contributed by atoms with Gasteiger partial charge >= 0.3 is 0 Å². The van der Waals surface area contributed by atoms with Crippen molar-refractivity contribution in [2.24, 2.45) is 11.5 Å². The molecule has 0 bridgehead atoms. The van der Waals surface area contributed by atoms with E-state index >= 15 is 0 Å². The summed E-state index contributed by atoms with van der Waals surface area (Å²) in [6.07, 6.45) is 0. The summed E-state index contributed by atoms with van der Waals surface area (Å²) in [4.78, 5) is 23.5. The molecule has 0 aliphatic rings. The molecule has 0 fully saturated rings. The van der Waals surface area contributed by atoms with Crippen molar-refractivity contribution < 1.29 is 9.59 Å². The predicted octanol–water partition coefficient (Wildman–Crippen LogP) is 2.06. The van der Waals surface area contributed by atoms with E-state index < -0.39 is 11.9 Å². The molecule has 2 aromatic carbocycles. The molecule has 0 aliphatic carbocycles. The van der Waals surface area contributed by atoms with Crippen LogP contribution in [0.5, 0.6) is 0 Å². The van der Waals surface area contributed by atoms with Crippen LogP contribution in [0.3, 0.4) is 0 Å². The molecule has 0 aliphatic heterocycles. The van der Waals surface area contributed by atoms with Crippen molar-refractivity contribution in [1.29, 1.82) is 0 Å². The molecule has 5 heteroatoms. The fourth-order valence-corrected chi connectivity index (χ4v) is 2.06. The lowest BCUT2D eigenvalue weighted by atomic mass is 9.98. The Hall–Kier alpha value is -2.17. The average molecular weight is 289 g/mol. The molecule has 2 rings (SSSR count). The standard InChI is InChI=1S/C15H13ClN2O2/c16-12-7-2-1-6-11(12)14(19)10-5-3-4-9(8-10)13(17)15(18)20/h1-8,13H,17H2,(H2,18,20). The minimum Gasteiger partial charge on any atom is -0.368 e. The van der Waals surface area contributed by atoms with Crippen molar-refractivity contribution in [1.82, 2.24) is 0 Å². The van der Waals surface area contributed by atoms with Crippen LogP contribution in [-0.2, 0) is 4.79 Å². The topological polar surface area (TPSA) is 86.2 Å². The number of halogens is 1. The van der Waals surface area contributed by atoms with Crippen LogP contribution in [0.1, 0.15) is 27.5 Å². The van der Waals surface area contributed by atoms with Gasteiger partial charge in [0.2, 0.25) is 5.91 Å². The van der Waals surface area contributed by atoms with E-state index in [0.717, 1.165) is 0 Å². The monoisotopic (exact) mass is 288 g/mol. The molecule has 0 heterocycles. The van der Waals surface area contributed by atoms with Gasteiger partial charge in [0, 0.05) is 11.1 Å². The van der Waals surface area contributed by atoms with Crippen molar-refractivity contribution in [3.8, 4) is 0 Å². The Kier molecular flexibility index (Phi) is 4.17. The third-order valence-electron chi connectivity index (χ3n) is 2.93. The van der Waals surface area contributed by atoms with E-state index in [9.17, 15) is 9.59 Å². The first-order chi connectivity index (χ1) is 9.50. The normalized spacial score (nSPS) is 11.9. The van der Waals surface area contributed by atoms with E-state index in [-0.39, 0.29) is 5.78 Å². The van der Waals surface area contributed by atoms with Crippen LogP contribution >= 0.6 is 11.6 Å². The summed E-state index contributed by atoms with van der Waals surface area (Å²) in [6.45, 7) is 0. The zero-order valence-electron chi connectivity index (χ0n) is 10.5. The van der Waals surface area contributed by atoms with Gasteiger partial charge in [-0.2, -0.15) is 0 Å². The first-order valence-electron chi connectivity index (χ1n) is 5.95. The lowest BCUT2D eigenvalue weighted by molar-refractivity contribution is -0.119. The zero-order valence-corrected chi connectivity index (χ0v) is 11.3. The molecule has 20 heavy (non-hydrogen) atoms. The molecular formula is C15H13ClN2O2. The molecule has 0 saturated carbocycles. The van der Waals surface area contributed by atoms with Crippen LogP contribution in [-0.4, -0.2) is 11.7 Å². The van der Waals surface area contributed by atoms with Crippen LogP contribution in [0.2, 0.25) is 5.02 Å². The van der Waals surface area contributed by atoms with Gasteiger partial charge in [-0.15, -0.1) is 0 Å². The van der Waals surface area contributed by atoms with Gasteiger partial charge in [0.15, 0.2) is 5.78 Å². The maximum atomic E-state index is 12.4. The summed E-state index contributed by atoms with van der Waals surface area (Å²) >= 11 is 6.00. The molecule has 0 spiro atoms. The number of ketones is 1. The Morgan fingerprint density at radius 1 is 1.05 bits per heavy atom. The van der Waals surface area contributed by atoms with Gasteiger partial charge in [0.1, 0.15) is 6.04 Å². The molecule has 4 nitrogen and oxygen atoms in total. The lowest BCUT2D eigenvalue weighted by Gasteiger charge is -2.09. The van der Waals surface area contributed by atoms with Crippen LogP contribution in [0.15, 0.2) is 48.5 Å². The molecule has 1 unspecified atom stereocenters. The first kappa shape index (κ1) is 14.2. The van der Waals surface area contributed by atoms with E-state index in [1.165, 1.54) is 0 Å². The number of nitrogens with two attached hydrogens (primary N) is 2. The number of hydrogen-bond acceptors (Lipinski definition) is 3. The lowest BCUT2D eigenvalue weighted by Crippen LogP contribution is -2.28. The van der Waals surface area contributed by atoms with E-state index in [1.807, 2.05) is 0 Å². The largest absolute Gasteiger partial charge is 0.368 e. The van der Waals surface area contributed by atoms with Crippen LogP contribution in [0, 0.1) is 0 Å². The fourth-order valence-electron chi connectivity index (χ4n) is 1.84. The molecule has 1 amide bonds. The van der Waals surface area contributed by atoms with Gasteiger partial charge in [0.25, 0.3) is 0 Å². The van der Waals surface area contributed by atoms with Crippen LogP contribution in [0.4, 0.5) is 0 Å². The number of carbonyl (C=O) groups excluding carboxylic acids is 2. The van der Waals surface area contributed by atoms with E-state index in [1.54, 1.807) is 48.5 Å². The first-order valence-corrected chi connectivity index (χ1v) is 6.32. The highest BCUT2D eigenvalue weighted by Gasteiger charge is 2.16.